The first-order chi connectivity index (χ1) is 13.8. The molecule has 4 rings (SSSR count). The number of nitrogens with zero attached hydrogens (tertiary/aromatic N) is 3. The van der Waals surface area contributed by atoms with Gasteiger partial charge in [0, 0.05) is 31.2 Å². The number of carbonyl (C=O) groups is 1. The van der Waals surface area contributed by atoms with Crippen LogP contribution >= 0.6 is 11.3 Å². The molecule has 1 amide bonds. The normalized spacial score (nSPS) is 17.1. The summed E-state index contributed by atoms with van der Waals surface area (Å²) >= 11 is 1.34. The maximum atomic E-state index is 12.5. The Labute approximate surface area is 173 Å². The number of hydrogen-bond acceptors (Lipinski definition) is 7. The van der Waals surface area contributed by atoms with Gasteiger partial charge in [-0.05, 0) is 50.1 Å². The number of amides is 1. The molecule has 1 fully saturated rings. The van der Waals surface area contributed by atoms with Gasteiger partial charge in [0.1, 0.15) is 16.2 Å². The van der Waals surface area contributed by atoms with Crippen LogP contribution in [-0.4, -0.2) is 45.8 Å². The third-order valence-electron chi connectivity index (χ3n) is 5.18. The molecular weight excluding hydrogens is 388 g/mol. The van der Waals surface area contributed by atoms with E-state index in [1.807, 2.05) is 12.1 Å². The number of pyridine rings is 1. The van der Waals surface area contributed by atoms with E-state index in [1.165, 1.54) is 11.3 Å². The quantitative estimate of drug-likeness (QED) is 0.596. The van der Waals surface area contributed by atoms with Gasteiger partial charge in [0.05, 0.1) is 5.60 Å². The van der Waals surface area contributed by atoms with Gasteiger partial charge < -0.3 is 15.1 Å². The summed E-state index contributed by atoms with van der Waals surface area (Å²) in [7, 11) is 0. The van der Waals surface area contributed by atoms with Crippen molar-refractivity contribution in [3.05, 3.63) is 47.5 Å². The summed E-state index contributed by atoms with van der Waals surface area (Å²) in [5.74, 6) is 0.917. The maximum absolute atomic E-state index is 12.5. The van der Waals surface area contributed by atoms with Crippen LogP contribution in [0, 0.1) is 5.92 Å². The lowest BCUT2D eigenvalue weighted by atomic mass is 9.97. The molecule has 0 bridgehead atoms. The molecule has 152 valence electrons. The summed E-state index contributed by atoms with van der Waals surface area (Å²) < 4.78 is 0. The number of anilines is 2. The minimum absolute atomic E-state index is 0.201. The molecular formula is C21H24N4O3S. The Kier molecular flexibility index (Phi) is 5.24. The van der Waals surface area contributed by atoms with Gasteiger partial charge in [0.25, 0.3) is 5.91 Å². The molecule has 0 saturated carbocycles. The van der Waals surface area contributed by atoms with Crippen LogP contribution in [0.1, 0.15) is 36.2 Å². The second-order valence-electron chi connectivity index (χ2n) is 7.89. The number of hydrogen-bond donors (Lipinski definition) is 3. The van der Waals surface area contributed by atoms with E-state index in [4.69, 9.17) is 0 Å². The molecule has 3 N–H and O–H groups in total. The van der Waals surface area contributed by atoms with E-state index >= 15 is 0 Å². The highest BCUT2D eigenvalue weighted by atomic mass is 32.1. The third-order valence-corrected chi connectivity index (χ3v) is 6.06. The first-order valence-electron chi connectivity index (χ1n) is 9.61. The van der Waals surface area contributed by atoms with Gasteiger partial charge in [0.2, 0.25) is 0 Å². The molecule has 1 unspecified atom stereocenters. The van der Waals surface area contributed by atoms with Crippen LogP contribution in [0.2, 0.25) is 0 Å². The van der Waals surface area contributed by atoms with Crippen molar-refractivity contribution in [3.63, 3.8) is 0 Å². The number of aliphatic hydroxyl groups excluding tert-OH is 1. The Bertz CT molecular complexity index is 1030. The SMILES string of the molecule is CC(C)(O)c1ccc(C(=O)Nc2nc3ccc(N4CCC(CO)C4)nc3s2)cc1. The standard InChI is InChI=1S/C21H24N4O3S/c1-21(2,28)15-5-3-14(4-6-15)18(27)24-20-22-16-7-8-17(23-19(16)29-20)25-10-9-13(11-25)12-26/h3-8,13,26,28H,9-12H2,1-2H3,(H,22,24,27). The number of fused-ring (bicyclic) bond motifs is 1. The monoisotopic (exact) mass is 412 g/mol. The molecule has 0 spiro atoms. The Morgan fingerprint density at radius 3 is 2.66 bits per heavy atom. The van der Waals surface area contributed by atoms with Crippen LogP contribution < -0.4 is 10.2 Å². The van der Waals surface area contributed by atoms with Crippen LogP contribution in [-0.2, 0) is 5.60 Å². The van der Waals surface area contributed by atoms with Crippen molar-refractivity contribution in [3.8, 4) is 0 Å². The zero-order valence-corrected chi connectivity index (χ0v) is 17.2. The molecule has 2 aromatic heterocycles. The summed E-state index contributed by atoms with van der Waals surface area (Å²) in [5, 5.41) is 22.7. The molecule has 8 heteroatoms. The predicted octanol–water partition coefficient (Wildman–Crippen LogP) is 2.99. The van der Waals surface area contributed by atoms with Crippen LogP contribution in [0.25, 0.3) is 10.3 Å². The number of rotatable bonds is 5. The first-order valence-corrected chi connectivity index (χ1v) is 10.4. The molecule has 3 heterocycles. The van der Waals surface area contributed by atoms with E-state index in [0.717, 1.165) is 41.2 Å². The fourth-order valence-corrected chi connectivity index (χ4v) is 4.25. The van der Waals surface area contributed by atoms with Gasteiger partial charge in [-0.25, -0.2) is 9.97 Å². The van der Waals surface area contributed by atoms with Crippen molar-refractivity contribution in [2.75, 3.05) is 29.9 Å². The average Bonchev–Trinajstić information content (AvgIpc) is 3.33. The minimum atomic E-state index is -0.946. The molecule has 1 aliphatic rings. The number of benzene rings is 1. The topological polar surface area (TPSA) is 98.6 Å². The Morgan fingerprint density at radius 1 is 1.24 bits per heavy atom. The van der Waals surface area contributed by atoms with Gasteiger partial charge in [-0.1, -0.05) is 23.5 Å². The Hall–Kier alpha value is -2.55. The molecule has 0 aliphatic carbocycles. The van der Waals surface area contributed by atoms with Gasteiger partial charge in [-0.15, -0.1) is 0 Å². The van der Waals surface area contributed by atoms with Gasteiger partial charge >= 0.3 is 0 Å². The van der Waals surface area contributed by atoms with Crippen LogP contribution in [0.4, 0.5) is 10.9 Å². The summed E-state index contributed by atoms with van der Waals surface area (Å²) in [6.45, 7) is 5.30. The van der Waals surface area contributed by atoms with Crippen molar-refractivity contribution < 1.29 is 15.0 Å². The van der Waals surface area contributed by atoms with E-state index < -0.39 is 5.60 Å². The van der Waals surface area contributed by atoms with Crippen LogP contribution in [0.15, 0.2) is 36.4 Å². The molecule has 7 nitrogen and oxygen atoms in total. The number of carbonyl (C=O) groups excluding carboxylic acids is 1. The number of thiazole rings is 1. The van der Waals surface area contributed by atoms with Crippen LogP contribution in [0.3, 0.4) is 0 Å². The highest BCUT2D eigenvalue weighted by Crippen LogP contribution is 2.29. The Morgan fingerprint density at radius 2 is 2.00 bits per heavy atom. The van der Waals surface area contributed by atoms with E-state index in [2.05, 4.69) is 20.2 Å². The molecule has 1 aliphatic heterocycles. The maximum Gasteiger partial charge on any atom is 0.257 e. The lowest BCUT2D eigenvalue weighted by Crippen LogP contribution is -2.21. The second-order valence-corrected chi connectivity index (χ2v) is 8.86. The smallest absolute Gasteiger partial charge is 0.257 e. The molecule has 1 saturated heterocycles. The lowest BCUT2D eigenvalue weighted by molar-refractivity contribution is 0.0785. The third kappa shape index (κ3) is 4.24. The zero-order chi connectivity index (χ0) is 20.6. The second kappa shape index (κ2) is 7.70. The molecule has 3 aromatic rings. The van der Waals surface area contributed by atoms with Crippen molar-refractivity contribution in [1.29, 1.82) is 0 Å². The highest BCUT2D eigenvalue weighted by molar-refractivity contribution is 7.22. The molecule has 1 aromatic carbocycles. The Balaban J connectivity index is 1.49. The number of nitrogens with one attached hydrogen (secondary N) is 1. The minimum Gasteiger partial charge on any atom is -0.396 e. The van der Waals surface area contributed by atoms with Crippen LogP contribution in [0.5, 0.6) is 0 Å². The lowest BCUT2D eigenvalue weighted by Gasteiger charge is -2.17. The fraction of sp³-hybridized carbons (Fsp3) is 0.381. The molecule has 1 atom stereocenters. The summed E-state index contributed by atoms with van der Waals surface area (Å²) in [6, 6.07) is 10.7. The summed E-state index contributed by atoms with van der Waals surface area (Å²) in [4.78, 5) is 24.6. The fourth-order valence-electron chi connectivity index (χ4n) is 3.43. The van der Waals surface area contributed by atoms with E-state index in [1.54, 1.807) is 38.1 Å². The number of aliphatic hydroxyl groups is 2. The van der Waals surface area contributed by atoms with Crippen molar-refractivity contribution >= 4 is 38.5 Å². The van der Waals surface area contributed by atoms with E-state index in [-0.39, 0.29) is 12.5 Å². The van der Waals surface area contributed by atoms with Crippen molar-refractivity contribution in [2.24, 2.45) is 5.92 Å². The van der Waals surface area contributed by atoms with Crippen molar-refractivity contribution in [1.82, 2.24) is 9.97 Å². The zero-order valence-electron chi connectivity index (χ0n) is 16.4. The molecule has 29 heavy (non-hydrogen) atoms. The largest absolute Gasteiger partial charge is 0.396 e. The van der Waals surface area contributed by atoms with E-state index in [9.17, 15) is 15.0 Å². The first kappa shape index (κ1) is 19.8. The predicted molar refractivity (Wildman–Crippen MR) is 114 cm³/mol. The summed E-state index contributed by atoms with van der Waals surface area (Å²) in [5.41, 5.74) is 1.04. The van der Waals surface area contributed by atoms with E-state index in [0.29, 0.717) is 16.6 Å². The highest BCUT2D eigenvalue weighted by Gasteiger charge is 2.23. The van der Waals surface area contributed by atoms with Gasteiger partial charge in [0.15, 0.2) is 5.13 Å². The van der Waals surface area contributed by atoms with Gasteiger partial charge in [-0.2, -0.15) is 0 Å². The number of aromatic nitrogens is 2. The van der Waals surface area contributed by atoms with Gasteiger partial charge in [-0.3, -0.25) is 10.1 Å². The van der Waals surface area contributed by atoms with Crippen molar-refractivity contribution in [2.45, 2.75) is 25.9 Å². The summed E-state index contributed by atoms with van der Waals surface area (Å²) in [6.07, 6.45) is 0.965. The molecule has 0 radical (unpaired) electrons. The average molecular weight is 413 g/mol.